The number of hydrogen-bond acceptors (Lipinski definition) is 2. The second kappa shape index (κ2) is 6.39. The van der Waals surface area contributed by atoms with Gasteiger partial charge in [0.2, 0.25) is 0 Å². The molecule has 2 unspecified atom stereocenters. The van der Waals surface area contributed by atoms with Crippen molar-refractivity contribution < 1.29 is 4.74 Å². The summed E-state index contributed by atoms with van der Waals surface area (Å²) in [6, 6.07) is 0. The predicted molar refractivity (Wildman–Crippen MR) is 56.0 cm³/mol. The van der Waals surface area contributed by atoms with E-state index in [9.17, 15) is 0 Å². The smallest absolute Gasteiger partial charge is 0.0704 e. The summed E-state index contributed by atoms with van der Waals surface area (Å²) in [4.78, 5) is 0. The Morgan fingerprint density at radius 3 is 2.77 bits per heavy atom. The summed E-state index contributed by atoms with van der Waals surface area (Å²) in [6.45, 7) is 6.61. The molecule has 2 heteroatoms. The maximum Gasteiger partial charge on any atom is 0.0704 e. The van der Waals surface area contributed by atoms with Crippen molar-refractivity contribution in [2.24, 2.45) is 0 Å². The van der Waals surface area contributed by atoms with Gasteiger partial charge in [-0.3, -0.25) is 0 Å². The number of nitrogens with one attached hydrogen (secondary N) is 1. The second-order valence-corrected chi connectivity index (χ2v) is 4.06. The first kappa shape index (κ1) is 11.0. The molecular formula is C11H23NO. The molecule has 0 aromatic carbocycles. The maximum absolute atomic E-state index is 5.71. The third-order valence-corrected chi connectivity index (χ3v) is 2.65. The Bertz CT molecular complexity index is 127. The number of ether oxygens (including phenoxy) is 1. The zero-order valence-corrected chi connectivity index (χ0v) is 9.01. The summed E-state index contributed by atoms with van der Waals surface area (Å²) >= 11 is 0. The molecule has 0 aliphatic carbocycles. The second-order valence-electron chi connectivity index (χ2n) is 4.06. The van der Waals surface area contributed by atoms with E-state index in [1.807, 2.05) is 0 Å². The SMILES string of the molecule is CCCCCNCC1CCC(C)O1. The third-order valence-electron chi connectivity index (χ3n) is 2.65. The van der Waals surface area contributed by atoms with Gasteiger partial charge in [0, 0.05) is 6.54 Å². The molecule has 1 N–H and O–H groups in total. The molecule has 1 heterocycles. The van der Waals surface area contributed by atoms with Crippen LogP contribution in [-0.2, 0) is 4.74 Å². The van der Waals surface area contributed by atoms with Gasteiger partial charge in [-0.2, -0.15) is 0 Å². The van der Waals surface area contributed by atoms with Crippen molar-refractivity contribution in [3.8, 4) is 0 Å². The van der Waals surface area contributed by atoms with Crippen molar-refractivity contribution >= 4 is 0 Å². The maximum atomic E-state index is 5.71. The van der Waals surface area contributed by atoms with E-state index in [2.05, 4.69) is 19.2 Å². The normalized spacial score (nSPS) is 28.2. The molecule has 0 aromatic heterocycles. The minimum Gasteiger partial charge on any atom is -0.374 e. The molecule has 0 radical (unpaired) electrons. The highest BCUT2D eigenvalue weighted by atomic mass is 16.5. The molecule has 2 nitrogen and oxygen atoms in total. The van der Waals surface area contributed by atoms with E-state index in [1.54, 1.807) is 0 Å². The van der Waals surface area contributed by atoms with Crippen LogP contribution in [0.3, 0.4) is 0 Å². The molecule has 13 heavy (non-hydrogen) atoms. The molecule has 1 fully saturated rings. The lowest BCUT2D eigenvalue weighted by Crippen LogP contribution is -2.27. The fraction of sp³-hybridized carbons (Fsp3) is 1.00. The molecular weight excluding hydrogens is 162 g/mol. The Morgan fingerprint density at radius 1 is 1.31 bits per heavy atom. The fourth-order valence-corrected chi connectivity index (χ4v) is 1.80. The van der Waals surface area contributed by atoms with E-state index in [0.29, 0.717) is 12.2 Å². The van der Waals surface area contributed by atoms with Gasteiger partial charge < -0.3 is 10.1 Å². The number of unbranched alkanes of at least 4 members (excludes halogenated alkanes) is 2. The van der Waals surface area contributed by atoms with E-state index in [-0.39, 0.29) is 0 Å². The van der Waals surface area contributed by atoms with Gasteiger partial charge in [-0.15, -0.1) is 0 Å². The quantitative estimate of drug-likeness (QED) is 0.641. The van der Waals surface area contributed by atoms with Crippen molar-refractivity contribution in [1.82, 2.24) is 5.32 Å². The Kier molecular flexibility index (Phi) is 5.40. The van der Waals surface area contributed by atoms with Crippen LogP contribution in [0, 0.1) is 0 Å². The Labute approximate surface area is 82.0 Å². The van der Waals surface area contributed by atoms with Gasteiger partial charge in [0.05, 0.1) is 12.2 Å². The zero-order valence-electron chi connectivity index (χ0n) is 9.01. The van der Waals surface area contributed by atoms with Crippen LogP contribution in [0.5, 0.6) is 0 Å². The number of rotatable bonds is 6. The summed E-state index contributed by atoms with van der Waals surface area (Å²) in [5.74, 6) is 0. The summed E-state index contributed by atoms with van der Waals surface area (Å²) in [7, 11) is 0. The van der Waals surface area contributed by atoms with Crippen LogP contribution in [0.2, 0.25) is 0 Å². The van der Waals surface area contributed by atoms with Crippen LogP contribution < -0.4 is 5.32 Å². The van der Waals surface area contributed by atoms with E-state index in [0.717, 1.165) is 13.1 Å². The molecule has 2 atom stereocenters. The summed E-state index contributed by atoms with van der Waals surface area (Å²) < 4.78 is 5.71. The minimum atomic E-state index is 0.483. The monoisotopic (exact) mass is 185 g/mol. The van der Waals surface area contributed by atoms with Gasteiger partial charge in [-0.1, -0.05) is 19.8 Å². The lowest BCUT2D eigenvalue weighted by molar-refractivity contribution is 0.0561. The van der Waals surface area contributed by atoms with E-state index >= 15 is 0 Å². The minimum absolute atomic E-state index is 0.483. The highest BCUT2D eigenvalue weighted by molar-refractivity contribution is 4.72. The van der Waals surface area contributed by atoms with Gasteiger partial charge in [0.15, 0.2) is 0 Å². The lowest BCUT2D eigenvalue weighted by atomic mass is 10.2. The van der Waals surface area contributed by atoms with Gasteiger partial charge in [0.25, 0.3) is 0 Å². The largest absolute Gasteiger partial charge is 0.374 e. The Balaban J connectivity index is 1.88. The van der Waals surface area contributed by atoms with Crippen LogP contribution in [0.15, 0.2) is 0 Å². The predicted octanol–water partition coefficient (Wildman–Crippen LogP) is 2.33. The molecule has 78 valence electrons. The molecule has 1 aliphatic heterocycles. The van der Waals surface area contributed by atoms with Crippen molar-refractivity contribution in [3.05, 3.63) is 0 Å². The van der Waals surface area contributed by atoms with Crippen LogP contribution in [0.25, 0.3) is 0 Å². The molecule has 0 saturated carbocycles. The van der Waals surface area contributed by atoms with Crippen molar-refractivity contribution in [1.29, 1.82) is 0 Å². The zero-order chi connectivity index (χ0) is 9.52. The van der Waals surface area contributed by atoms with E-state index in [4.69, 9.17) is 4.74 Å². The fourth-order valence-electron chi connectivity index (χ4n) is 1.80. The van der Waals surface area contributed by atoms with Gasteiger partial charge >= 0.3 is 0 Å². The summed E-state index contributed by atoms with van der Waals surface area (Å²) in [5, 5.41) is 3.46. The van der Waals surface area contributed by atoms with Gasteiger partial charge in [-0.05, 0) is 32.7 Å². The molecule has 0 spiro atoms. The molecule has 1 saturated heterocycles. The molecule has 1 rings (SSSR count). The Hall–Kier alpha value is -0.0800. The van der Waals surface area contributed by atoms with Crippen molar-refractivity contribution in [2.45, 2.75) is 58.2 Å². The van der Waals surface area contributed by atoms with Crippen LogP contribution >= 0.6 is 0 Å². The molecule has 0 bridgehead atoms. The first-order chi connectivity index (χ1) is 6.33. The topological polar surface area (TPSA) is 21.3 Å². The molecule has 0 aromatic rings. The van der Waals surface area contributed by atoms with Crippen LogP contribution in [0.1, 0.15) is 46.0 Å². The lowest BCUT2D eigenvalue weighted by Gasteiger charge is -2.11. The van der Waals surface area contributed by atoms with Gasteiger partial charge in [-0.25, -0.2) is 0 Å². The number of hydrogen-bond donors (Lipinski definition) is 1. The average molecular weight is 185 g/mol. The third kappa shape index (κ3) is 4.63. The standard InChI is InChI=1S/C11H23NO/c1-3-4-5-8-12-9-11-7-6-10(2)13-11/h10-12H,3-9H2,1-2H3. The average Bonchev–Trinajstić information content (AvgIpc) is 2.51. The molecule has 0 amide bonds. The van der Waals surface area contributed by atoms with Crippen molar-refractivity contribution in [3.63, 3.8) is 0 Å². The highest BCUT2D eigenvalue weighted by Gasteiger charge is 2.20. The first-order valence-corrected chi connectivity index (χ1v) is 5.69. The van der Waals surface area contributed by atoms with E-state index in [1.165, 1.54) is 32.1 Å². The summed E-state index contributed by atoms with van der Waals surface area (Å²) in [6.07, 6.45) is 7.40. The van der Waals surface area contributed by atoms with E-state index < -0.39 is 0 Å². The Morgan fingerprint density at radius 2 is 2.15 bits per heavy atom. The highest BCUT2D eigenvalue weighted by Crippen LogP contribution is 2.17. The molecule has 1 aliphatic rings. The summed E-state index contributed by atoms with van der Waals surface area (Å²) in [5.41, 5.74) is 0. The van der Waals surface area contributed by atoms with Crippen molar-refractivity contribution in [2.75, 3.05) is 13.1 Å². The first-order valence-electron chi connectivity index (χ1n) is 5.69. The van der Waals surface area contributed by atoms with Gasteiger partial charge in [0.1, 0.15) is 0 Å². The van der Waals surface area contributed by atoms with Crippen LogP contribution in [0.4, 0.5) is 0 Å². The van der Waals surface area contributed by atoms with Crippen LogP contribution in [-0.4, -0.2) is 25.3 Å².